The van der Waals surface area contributed by atoms with E-state index in [1.807, 2.05) is 34.9 Å². The molecule has 0 unspecified atom stereocenters. The number of benzene rings is 1. The first-order chi connectivity index (χ1) is 13.7. The van der Waals surface area contributed by atoms with Gasteiger partial charge in [-0.05, 0) is 44.2 Å². The van der Waals surface area contributed by atoms with Crippen molar-refractivity contribution in [2.45, 2.75) is 70.4 Å². The molecule has 1 aliphatic carbocycles. The lowest BCUT2D eigenvalue weighted by Gasteiger charge is -2.19. The molecule has 0 saturated heterocycles. The molecule has 6 heteroatoms. The van der Waals surface area contributed by atoms with Gasteiger partial charge in [0.25, 0.3) is 11.8 Å². The topological polar surface area (TPSA) is 76.0 Å². The van der Waals surface area contributed by atoms with Crippen LogP contribution in [0.25, 0.3) is 0 Å². The molecule has 2 amide bonds. The Labute approximate surface area is 165 Å². The number of aromatic nitrogens is 2. The number of amides is 2. The van der Waals surface area contributed by atoms with Crippen LogP contribution in [0.4, 0.5) is 5.69 Å². The zero-order chi connectivity index (χ0) is 19.3. The first kappa shape index (κ1) is 18.7. The van der Waals surface area contributed by atoms with E-state index in [-0.39, 0.29) is 17.9 Å². The molecule has 6 nitrogen and oxygen atoms in total. The molecule has 1 aliphatic heterocycles. The van der Waals surface area contributed by atoms with Crippen LogP contribution in [-0.2, 0) is 13.0 Å². The largest absolute Gasteiger partial charge is 0.347 e. The highest BCUT2D eigenvalue weighted by atomic mass is 16.2. The van der Waals surface area contributed by atoms with Crippen molar-refractivity contribution in [2.24, 2.45) is 0 Å². The second-order valence-corrected chi connectivity index (χ2v) is 7.82. The second-order valence-electron chi connectivity index (χ2n) is 7.82. The molecule has 148 valence electrons. The molecule has 1 saturated carbocycles. The van der Waals surface area contributed by atoms with E-state index in [0.29, 0.717) is 11.5 Å². The van der Waals surface area contributed by atoms with E-state index in [9.17, 15) is 9.59 Å². The van der Waals surface area contributed by atoms with Crippen LogP contribution in [0.3, 0.4) is 0 Å². The van der Waals surface area contributed by atoms with Crippen molar-refractivity contribution in [1.29, 1.82) is 0 Å². The van der Waals surface area contributed by atoms with E-state index in [2.05, 4.69) is 15.6 Å². The summed E-state index contributed by atoms with van der Waals surface area (Å²) in [6.45, 7) is 0.744. The molecule has 0 spiro atoms. The first-order valence-corrected chi connectivity index (χ1v) is 10.5. The van der Waals surface area contributed by atoms with E-state index in [1.165, 1.54) is 12.8 Å². The zero-order valence-corrected chi connectivity index (χ0v) is 16.2. The zero-order valence-electron chi connectivity index (χ0n) is 16.2. The van der Waals surface area contributed by atoms with Gasteiger partial charge in [-0.15, -0.1) is 0 Å². The fourth-order valence-electron chi connectivity index (χ4n) is 4.28. The van der Waals surface area contributed by atoms with Gasteiger partial charge in [0.2, 0.25) is 0 Å². The Bertz CT molecular complexity index is 836. The summed E-state index contributed by atoms with van der Waals surface area (Å²) in [7, 11) is 0. The van der Waals surface area contributed by atoms with Crippen LogP contribution in [0.2, 0.25) is 0 Å². The maximum absolute atomic E-state index is 13.0. The Hall–Kier alpha value is -2.63. The average molecular weight is 380 g/mol. The summed E-state index contributed by atoms with van der Waals surface area (Å²) < 4.78 is 1.95. The van der Waals surface area contributed by atoms with E-state index in [4.69, 9.17) is 0 Å². The molecule has 1 aromatic heterocycles. The molecule has 2 N–H and O–H groups in total. The molecular formula is C22H28N4O2. The van der Waals surface area contributed by atoms with E-state index in [1.54, 1.807) is 0 Å². The Morgan fingerprint density at radius 2 is 1.68 bits per heavy atom. The van der Waals surface area contributed by atoms with E-state index < -0.39 is 0 Å². The lowest BCUT2D eigenvalue weighted by molar-refractivity contribution is 0.0917. The van der Waals surface area contributed by atoms with Crippen molar-refractivity contribution >= 4 is 17.5 Å². The van der Waals surface area contributed by atoms with Crippen molar-refractivity contribution in [3.05, 3.63) is 47.5 Å². The highest BCUT2D eigenvalue weighted by Gasteiger charge is 2.28. The van der Waals surface area contributed by atoms with Crippen LogP contribution >= 0.6 is 0 Å². The molecule has 2 heterocycles. The normalized spacial score (nSPS) is 17.4. The fourth-order valence-corrected chi connectivity index (χ4v) is 4.28. The molecule has 2 aromatic rings. The number of carbonyl (C=O) groups is 2. The number of nitrogens with zero attached hydrogens (tertiary/aromatic N) is 2. The highest BCUT2D eigenvalue weighted by Crippen LogP contribution is 2.23. The maximum Gasteiger partial charge on any atom is 0.287 e. The minimum absolute atomic E-state index is 0.145. The number of rotatable bonds is 4. The summed E-state index contributed by atoms with van der Waals surface area (Å²) in [5.41, 5.74) is 2.00. The Kier molecular flexibility index (Phi) is 5.74. The van der Waals surface area contributed by atoms with Gasteiger partial charge in [0.15, 0.2) is 11.5 Å². The van der Waals surface area contributed by atoms with Crippen molar-refractivity contribution in [2.75, 3.05) is 5.32 Å². The lowest BCUT2D eigenvalue weighted by Crippen LogP contribution is -2.36. The molecule has 2 aliphatic rings. The van der Waals surface area contributed by atoms with Gasteiger partial charge < -0.3 is 15.2 Å². The van der Waals surface area contributed by atoms with Gasteiger partial charge in [-0.1, -0.05) is 43.9 Å². The number of hydrogen-bond acceptors (Lipinski definition) is 3. The van der Waals surface area contributed by atoms with Crippen molar-refractivity contribution < 1.29 is 9.59 Å². The minimum Gasteiger partial charge on any atom is -0.347 e. The third kappa shape index (κ3) is 4.11. The summed E-state index contributed by atoms with van der Waals surface area (Å²) in [6.07, 6.45) is 9.67. The smallest absolute Gasteiger partial charge is 0.287 e. The third-order valence-electron chi connectivity index (χ3n) is 5.76. The van der Waals surface area contributed by atoms with Crippen LogP contribution in [-0.4, -0.2) is 27.4 Å². The fraction of sp³-hybridized carbons (Fsp3) is 0.500. The Balaban J connectivity index is 1.56. The van der Waals surface area contributed by atoms with Crippen molar-refractivity contribution in [3.63, 3.8) is 0 Å². The van der Waals surface area contributed by atoms with Gasteiger partial charge in [-0.25, -0.2) is 4.98 Å². The van der Waals surface area contributed by atoms with Gasteiger partial charge in [0, 0.05) is 18.3 Å². The maximum atomic E-state index is 13.0. The molecule has 1 aromatic carbocycles. The van der Waals surface area contributed by atoms with Gasteiger partial charge in [-0.3, -0.25) is 9.59 Å². The molecule has 1 fully saturated rings. The Morgan fingerprint density at radius 3 is 2.43 bits per heavy atom. The van der Waals surface area contributed by atoms with Crippen LogP contribution in [0.5, 0.6) is 0 Å². The number of fused-ring (bicyclic) bond motifs is 1. The van der Waals surface area contributed by atoms with Crippen molar-refractivity contribution in [1.82, 2.24) is 14.9 Å². The van der Waals surface area contributed by atoms with Crippen LogP contribution in [0.15, 0.2) is 30.3 Å². The second kappa shape index (κ2) is 8.59. The molecule has 0 radical (unpaired) electrons. The predicted octanol–water partition coefficient (Wildman–Crippen LogP) is 3.92. The van der Waals surface area contributed by atoms with Gasteiger partial charge >= 0.3 is 0 Å². The first-order valence-electron chi connectivity index (χ1n) is 10.5. The standard InChI is InChI=1S/C22H28N4O2/c27-21(23-16-12-6-3-7-13-16)19-18-14-8-9-15-26(18)20(25-19)22(28)24-17-10-4-1-2-5-11-17/h3,6-7,12-13,17H,1-2,4-5,8-11,14-15H2,(H,23,27)(H,24,28). The summed E-state index contributed by atoms with van der Waals surface area (Å²) >= 11 is 0. The van der Waals surface area contributed by atoms with Gasteiger partial charge in [-0.2, -0.15) is 0 Å². The number of para-hydroxylation sites is 1. The van der Waals surface area contributed by atoms with Gasteiger partial charge in [0.05, 0.1) is 5.69 Å². The van der Waals surface area contributed by atoms with E-state index >= 15 is 0 Å². The summed E-state index contributed by atoms with van der Waals surface area (Å²) in [4.78, 5) is 30.3. The SMILES string of the molecule is O=C(Nc1ccccc1)c1nc(C(=O)NC2CCCCCC2)n2c1CCCC2. The molecule has 0 bridgehead atoms. The summed E-state index contributed by atoms with van der Waals surface area (Å²) in [5, 5.41) is 6.08. The predicted molar refractivity (Wildman–Crippen MR) is 109 cm³/mol. The van der Waals surface area contributed by atoms with Gasteiger partial charge in [0.1, 0.15) is 0 Å². The molecule has 0 atom stereocenters. The molecule has 4 rings (SSSR count). The van der Waals surface area contributed by atoms with Crippen molar-refractivity contribution in [3.8, 4) is 0 Å². The van der Waals surface area contributed by atoms with Crippen LogP contribution in [0, 0.1) is 0 Å². The monoisotopic (exact) mass is 380 g/mol. The lowest BCUT2D eigenvalue weighted by atomic mass is 10.1. The van der Waals surface area contributed by atoms with E-state index in [0.717, 1.165) is 62.9 Å². The Morgan fingerprint density at radius 1 is 0.929 bits per heavy atom. The highest BCUT2D eigenvalue weighted by molar-refractivity contribution is 6.05. The summed E-state index contributed by atoms with van der Waals surface area (Å²) in [5.74, 6) is -0.00339. The minimum atomic E-state index is -0.245. The number of carbonyl (C=O) groups excluding carboxylic acids is 2. The number of anilines is 1. The molecular weight excluding hydrogens is 352 g/mol. The number of hydrogen-bond donors (Lipinski definition) is 2. The number of imidazole rings is 1. The third-order valence-corrected chi connectivity index (χ3v) is 5.76. The quantitative estimate of drug-likeness (QED) is 0.789. The summed E-state index contributed by atoms with van der Waals surface area (Å²) in [6, 6.07) is 9.58. The molecule has 28 heavy (non-hydrogen) atoms. The number of nitrogens with one attached hydrogen (secondary N) is 2. The average Bonchev–Trinajstić information content (AvgIpc) is 2.92. The van der Waals surface area contributed by atoms with Crippen LogP contribution in [0.1, 0.15) is 78.2 Å². The van der Waals surface area contributed by atoms with Crippen LogP contribution < -0.4 is 10.6 Å².